The molecule has 7 nitrogen and oxygen atoms in total. The van der Waals surface area contributed by atoms with Crippen molar-refractivity contribution in [3.05, 3.63) is 24.0 Å². The van der Waals surface area contributed by atoms with Crippen LogP contribution in [0.15, 0.2) is 18.3 Å². The molecule has 1 fully saturated rings. The van der Waals surface area contributed by atoms with E-state index in [2.05, 4.69) is 15.5 Å². The number of hydrogen-bond donors (Lipinski definition) is 2. The van der Waals surface area contributed by atoms with Gasteiger partial charge in [-0.3, -0.25) is 0 Å². The average molecular weight is 264 g/mol. The predicted molar refractivity (Wildman–Crippen MR) is 66.2 cm³/mol. The normalized spacial score (nSPS) is 18.9. The molecule has 0 aromatic carbocycles. The number of aliphatic carboxylic acids is 1. The van der Waals surface area contributed by atoms with Crippen molar-refractivity contribution in [1.82, 2.24) is 20.4 Å². The minimum Gasteiger partial charge on any atom is -0.480 e. The summed E-state index contributed by atoms with van der Waals surface area (Å²) in [7, 11) is 0. The largest absolute Gasteiger partial charge is 0.480 e. The zero-order valence-electron chi connectivity index (χ0n) is 10.5. The smallest absolute Gasteiger partial charge is 0.326 e. The second-order valence-corrected chi connectivity index (χ2v) is 4.42. The van der Waals surface area contributed by atoms with E-state index in [1.807, 2.05) is 0 Å². The molecule has 102 valence electrons. The first kappa shape index (κ1) is 13.3. The lowest BCUT2D eigenvalue weighted by molar-refractivity contribution is -0.143. The number of piperidine rings is 1. The molecular weight excluding hydrogens is 248 g/mol. The molecule has 1 atom stereocenters. The fourth-order valence-electron chi connectivity index (χ4n) is 2.13. The van der Waals surface area contributed by atoms with Gasteiger partial charge in [0.25, 0.3) is 0 Å². The average Bonchev–Trinajstić information content (AvgIpc) is 2.46. The highest BCUT2D eigenvalue weighted by molar-refractivity contribution is 5.82. The van der Waals surface area contributed by atoms with Crippen LogP contribution in [0.25, 0.3) is 0 Å². The van der Waals surface area contributed by atoms with Gasteiger partial charge in [-0.2, -0.15) is 10.2 Å². The number of nitrogens with one attached hydrogen (secondary N) is 1. The predicted octanol–water partition coefficient (Wildman–Crippen LogP) is 0.625. The lowest BCUT2D eigenvalue weighted by atomic mass is 10.0. The van der Waals surface area contributed by atoms with Crippen molar-refractivity contribution in [3.63, 3.8) is 0 Å². The van der Waals surface area contributed by atoms with E-state index in [4.69, 9.17) is 5.11 Å². The molecule has 2 N–H and O–H groups in total. The lowest BCUT2D eigenvalue weighted by Crippen LogP contribution is -2.51. The Bertz CT molecular complexity index is 452. The summed E-state index contributed by atoms with van der Waals surface area (Å²) in [4.78, 5) is 24.5. The zero-order valence-corrected chi connectivity index (χ0v) is 10.5. The van der Waals surface area contributed by atoms with Crippen molar-refractivity contribution < 1.29 is 14.7 Å². The molecule has 0 spiro atoms. The third-order valence-corrected chi connectivity index (χ3v) is 3.10. The second kappa shape index (κ2) is 6.12. The SMILES string of the molecule is O=C(O)C1CCCCN1C(=O)NCc1cccnn1. The number of carbonyl (C=O) groups excluding carboxylic acids is 1. The van der Waals surface area contributed by atoms with Crippen LogP contribution in [0, 0.1) is 0 Å². The Morgan fingerprint density at radius 1 is 1.47 bits per heavy atom. The van der Waals surface area contributed by atoms with Crippen molar-refractivity contribution in [2.45, 2.75) is 31.8 Å². The molecule has 2 amide bonds. The molecule has 0 saturated carbocycles. The van der Waals surface area contributed by atoms with Crippen LogP contribution in [0.2, 0.25) is 0 Å². The van der Waals surface area contributed by atoms with Gasteiger partial charge in [0.15, 0.2) is 0 Å². The van der Waals surface area contributed by atoms with Crippen LogP contribution in [-0.2, 0) is 11.3 Å². The van der Waals surface area contributed by atoms with Crippen LogP contribution in [0.1, 0.15) is 25.0 Å². The molecule has 0 aliphatic carbocycles. The Morgan fingerprint density at radius 3 is 3.00 bits per heavy atom. The fraction of sp³-hybridized carbons (Fsp3) is 0.500. The molecule has 1 aliphatic heterocycles. The summed E-state index contributed by atoms with van der Waals surface area (Å²) in [5.41, 5.74) is 0.639. The Morgan fingerprint density at radius 2 is 2.32 bits per heavy atom. The van der Waals surface area contributed by atoms with Crippen LogP contribution in [0.3, 0.4) is 0 Å². The third kappa shape index (κ3) is 3.40. The molecule has 7 heteroatoms. The summed E-state index contributed by atoms with van der Waals surface area (Å²) in [5.74, 6) is -0.950. The number of rotatable bonds is 3. The molecule has 2 rings (SSSR count). The standard InChI is InChI=1S/C12H16N4O3/c17-11(18)10-5-1-2-7-16(10)12(19)13-8-9-4-3-6-14-15-9/h3-4,6,10H,1-2,5,7-8H2,(H,13,19)(H,17,18). The summed E-state index contributed by atoms with van der Waals surface area (Å²) in [6, 6.07) is 2.39. The molecule has 0 bridgehead atoms. The van der Waals surface area contributed by atoms with Gasteiger partial charge in [-0.05, 0) is 31.4 Å². The first-order chi connectivity index (χ1) is 9.18. The zero-order chi connectivity index (χ0) is 13.7. The second-order valence-electron chi connectivity index (χ2n) is 4.42. The number of carboxylic acid groups (broad SMARTS) is 1. The number of amides is 2. The van der Waals surface area contributed by atoms with Gasteiger partial charge in [0, 0.05) is 12.7 Å². The molecule has 0 radical (unpaired) electrons. The van der Waals surface area contributed by atoms with Gasteiger partial charge in [-0.25, -0.2) is 9.59 Å². The third-order valence-electron chi connectivity index (χ3n) is 3.10. The first-order valence-corrected chi connectivity index (χ1v) is 6.22. The van der Waals surface area contributed by atoms with Gasteiger partial charge >= 0.3 is 12.0 Å². The Labute approximate surface area is 110 Å². The molecule has 1 aliphatic rings. The maximum Gasteiger partial charge on any atom is 0.326 e. The number of carbonyl (C=O) groups is 2. The van der Waals surface area contributed by atoms with E-state index >= 15 is 0 Å². The van der Waals surface area contributed by atoms with E-state index in [1.165, 1.54) is 4.90 Å². The summed E-state index contributed by atoms with van der Waals surface area (Å²) >= 11 is 0. The van der Waals surface area contributed by atoms with Crippen LogP contribution >= 0.6 is 0 Å². The quantitative estimate of drug-likeness (QED) is 0.834. The van der Waals surface area contributed by atoms with Crippen molar-refractivity contribution in [1.29, 1.82) is 0 Å². The number of aromatic nitrogens is 2. The summed E-state index contributed by atoms with van der Waals surface area (Å²) in [6.45, 7) is 0.721. The van der Waals surface area contributed by atoms with E-state index in [-0.39, 0.29) is 12.6 Å². The van der Waals surface area contributed by atoms with Gasteiger partial charge in [0.05, 0.1) is 12.2 Å². The molecule has 1 unspecified atom stereocenters. The molecule has 2 heterocycles. The van der Waals surface area contributed by atoms with E-state index < -0.39 is 12.0 Å². The highest BCUT2D eigenvalue weighted by atomic mass is 16.4. The topological polar surface area (TPSA) is 95.4 Å². The Hall–Kier alpha value is -2.18. The Balaban J connectivity index is 1.93. The molecular formula is C12H16N4O3. The number of carboxylic acids is 1. The highest BCUT2D eigenvalue weighted by Crippen LogP contribution is 2.17. The number of hydrogen-bond acceptors (Lipinski definition) is 4. The van der Waals surface area contributed by atoms with Crippen molar-refractivity contribution in [2.24, 2.45) is 0 Å². The van der Waals surface area contributed by atoms with Gasteiger partial charge in [0.2, 0.25) is 0 Å². The maximum absolute atomic E-state index is 12.0. The van der Waals surface area contributed by atoms with Gasteiger partial charge in [-0.1, -0.05) is 0 Å². The van der Waals surface area contributed by atoms with Gasteiger partial charge in [0.1, 0.15) is 6.04 Å². The first-order valence-electron chi connectivity index (χ1n) is 6.22. The lowest BCUT2D eigenvalue weighted by Gasteiger charge is -2.32. The number of nitrogens with zero attached hydrogens (tertiary/aromatic N) is 3. The van der Waals surface area contributed by atoms with E-state index in [9.17, 15) is 9.59 Å². The molecule has 19 heavy (non-hydrogen) atoms. The van der Waals surface area contributed by atoms with Crippen molar-refractivity contribution in [2.75, 3.05) is 6.54 Å². The number of urea groups is 1. The summed E-state index contributed by atoms with van der Waals surface area (Å²) in [5, 5.41) is 19.3. The minimum atomic E-state index is -0.950. The van der Waals surface area contributed by atoms with Gasteiger partial charge < -0.3 is 15.3 Å². The van der Waals surface area contributed by atoms with Gasteiger partial charge in [-0.15, -0.1) is 0 Å². The van der Waals surface area contributed by atoms with Crippen molar-refractivity contribution >= 4 is 12.0 Å². The monoisotopic (exact) mass is 264 g/mol. The summed E-state index contributed by atoms with van der Waals surface area (Å²) in [6.07, 6.45) is 3.73. The maximum atomic E-state index is 12.0. The molecule has 1 aromatic heterocycles. The fourth-order valence-corrected chi connectivity index (χ4v) is 2.13. The van der Waals surface area contributed by atoms with Crippen LogP contribution in [-0.4, -0.2) is 44.8 Å². The van der Waals surface area contributed by atoms with Crippen LogP contribution in [0.5, 0.6) is 0 Å². The summed E-state index contributed by atoms with van der Waals surface area (Å²) < 4.78 is 0. The van der Waals surface area contributed by atoms with E-state index in [0.29, 0.717) is 18.7 Å². The minimum absolute atomic E-state index is 0.246. The van der Waals surface area contributed by atoms with E-state index in [0.717, 1.165) is 12.8 Å². The Kier molecular flexibility index (Phi) is 4.27. The van der Waals surface area contributed by atoms with Crippen LogP contribution in [0.4, 0.5) is 4.79 Å². The van der Waals surface area contributed by atoms with E-state index in [1.54, 1.807) is 18.3 Å². The number of likely N-dealkylation sites (tertiary alicyclic amines) is 1. The highest BCUT2D eigenvalue weighted by Gasteiger charge is 2.31. The van der Waals surface area contributed by atoms with Crippen LogP contribution < -0.4 is 5.32 Å². The molecule has 1 saturated heterocycles. The molecule has 1 aromatic rings. The van der Waals surface area contributed by atoms with Crippen molar-refractivity contribution in [3.8, 4) is 0 Å².